The fraction of sp³-hybridized carbons (Fsp3) is 0.700. The Morgan fingerprint density at radius 3 is 2.71 bits per heavy atom. The first-order valence-corrected chi connectivity index (χ1v) is 5.12. The maximum atomic E-state index is 8.87. The zero-order valence-electron chi connectivity index (χ0n) is 8.69. The van der Waals surface area contributed by atoms with Gasteiger partial charge in [0.2, 0.25) is 0 Å². The van der Waals surface area contributed by atoms with Crippen molar-refractivity contribution in [3.8, 4) is 0 Å². The van der Waals surface area contributed by atoms with E-state index >= 15 is 0 Å². The average molecular weight is 199 g/mol. The van der Waals surface area contributed by atoms with Crippen LogP contribution in [-0.2, 0) is 19.5 Å². The minimum Gasteiger partial charge on any atom is -0.392 e. The van der Waals surface area contributed by atoms with Gasteiger partial charge in [-0.3, -0.25) is 0 Å². The maximum absolute atomic E-state index is 8.87. The first kappa shape index (κ1) is 11.2. The summed E-state index contributed by atoms with van der Waals surface area (Å²) in [4.78, 5) is 0. The molecule has 1 aromatic rings. The molecular weight excluding hydrogens is 180 g/mol. The monoisotopic (exact) mass is 199 g/mol. The first-order chi connectivity index (χ1) is 6.83. The van der Waals surface area contributed by atoms with Gasteiger partial charge in [-0.15, -0.1) is 0 Å². The Bertz CT molecular complexity index is 248. The number of hydrogen-bond acceptors (Lipinski definition) is 2. The highest BCUT2D eigenvalue weighted by atomic mass is 16.3. The standard InChI is InChI=1S/C10H19N2O2/c1-2-3-10-11(6-8-13)4-5-12(10)7-9-14/h4-5,13-14H,2-3,6-9H2,1H3/q+1. The molecule has 0 aliphatic rings. The van der Waals surface area contributed by atoms with Crippen LogP contribution in [0.2, 0.25) is 0 Å². The van der Waals surface area contributed by atoms with E-state index in [9.17, 15) is 0 Å². The molecule has 0 spiro atoms. The summed E-state index contributed by atoms with van der Waals surface area (Å²) in [6.45, 7) is 3.70. The van der Waals surface area contributed by atoms with E-state index in [2.05, 4.69) is 6.92 Å². The molecule has 0 aliphatic heterocycles. The van der Waals surface area contributed by atoms with Crippen molar-refractivity contribution in [3.05, 3.63) is 18.2 Å². The summed E-state index contributed by atoms with van der Waals surface area (Å²) in [7, 11) is 0. The van der Waals surface area contributed by atoms with Crippen LogP contribution in [-0.4, -0.2) is 28.0 Å². The summed E-state index contributed by atoms with van der Waals surface area (Å²) in [5.41, 5.74) is 0. The SMILES string of the molecule is CCCc1n(CCO)cc[n+]1CCO. The predicted octanol–water partition coefficient (Wildman–Crippen LogP) is -0.287. The molecule has 1 heterocycles. The molecule has 0 bridgehead atoms. The molecule has 4 nitrogen and oxygen atoms in total. The molecule has 0 atom stereocenters. The lowest BCUT2D eigenvalue weighted by Crippen LogP contribution is -2.39. The predicted molar refractivity (Wildman–Crippen MR) is 52.8 cm³/mol. The number of aliphatic hydroxyl groups excluding tert-OH is 2. The second-order valence-electron chi connectivity index (χ2n) is 3.30. The summed E-state index contributed by atoms with van der Waals surface area (Å²) in [5.74, 6) is 1.18. The van der Waals surface area contributed by atoms with Gasteiger partial charge in [-0.2, -0.15) is 0 Å². The molecule has 14 heavy (non-hydrogen) atoms. The van der Waals surface area contributed by atoms with E-state index in [1.165, 1.54) is 5.82 Å². The highest BCUT2D eigenvalue weighted by Crippen LogP contribution is 1.99. The van der Waals surface area contributed by atoms with Crippen molar-refractivity contribution in [3.63, 3.8) is 0 Å². The lowest BCUT2D eigenvalue weighted by Gasteiger charge is -2.01. The van der Waals surface area contributed by atoms with Crippen LogP contribution < -0.4 is 4.57 Å². The van der Waals surface area contributed by atoms with Gasteiger partial charge in [0.1, 0.15) is 25.5 Å². The zero-order valence-corrected chi connectivity index (χ0v) is 8.69. The quantitative estimate of drug-likeness (QED) is 0.619. The molecule has 4 heteroatoms. The Balaban J connectivity index is 2.82. The minimum atomic E-state index is 0.157. The smallest absolute Gasteiger partial charge is 0.256 e. The second-order valence-corrected chi connectivity index (χ2v) is 3.30. The van der Waals surface area contributed by atoms with Crippen LogP contribution in [0, 0.1) is 0 Å². The van der Waals surface area contributed by atoms with Gasteiger partial charge in [0.05, 0.1) is 13.2 Å². The molecule has 0 unspecified atom stereocenters. The van der Waals surface area contributed by atoms with Crippen molar-refractivity contribution in [2.75, 3.05) is 13.2 Å². The van der Waals surface area contributed by atoms with Gasteiger partial charge in [0.25, 0.3) is 5.82 Å². The van der Waals surface area contributed by atoms with E-state index in [0.717, 1.165) is 12.8 Å². The molecule has 0 aliphatic carbocycles. The molecule has 0 fully saturated rings. The van der Waals surface area contributed by atoms with Gasteiger partial charge in [-0.25, -0.2) is 9.13 Å². The number of rotatable bonds is 6. The molecule has 2 N–H and O–H groups in total. The van der Waals surface area contributed by atoms with Crippen LogP contribution in [0.3, 0.4) is 0 Å². The Labute approximate surface area is 84.4 Å². The summed E-state index contributed by atoms with van der Waals surface area (Å²) < 4.78 is 4.08. The van der Waals surface area contributed by atoms with Crippen molar-refractivity contribution in [2.45, 2.75) is 32.9 Å². The molecule has 80 valence electrons. The number of nitrogens with zero attached hydrogens (tertiary/aromatic N) is 2. The van der Waals surface area contributed by atoms with E-state index in [0.29, 0.717) is 13.1 Å². The highest BCUT2D eigenvalue weighted by Gasteiger charge is 2.14. The van der Waals surface area contributed by atoms with Crippen molar-refractivity contribution >= 4 is 0 Å². The van der Waals surface area contributed by atoms with Gasteiger partial charge < -0.3 is 10.2 Å². The van der Waals surface area contributed by atoms with Crippen LogP contribution in [0.1, 0.15) is 19.2 Å². The number of aliphatic hydroxyl groups is 2. The molecule has 1 rings (SSSR count). The van der Waals surface area contributed by atoms with Crippen LogP contribution in [0.25, 0.3) is 0 Å². The molecule has 0 saturated carbocycles. The summed E-state index contributed by atoms with van der Waals surface area (Å²) in [5, 5.41) is 17.7. The minimum absolute atomic E-state index is 0.157. The van der Waals surface area contributed by atoms with Crippen LogP contribution in [0.5, 0.6) is 0 Å². The van der Waals surface area contributed by atoms with E-state index in [1.807, 2.05) is 21.5 Å². The lowest BCUT2D eigenvalue weighted by atomic mass is 10.3. The second kappa shape index (κ2) is 5.78. The Morgan fingerprint density at radius 1 is 1.36 bits per heavy atom. The van der Waals surface area contributed by atoms with E-state index in [1.54, 1.807) is 0 Å². The molecule has 1 aromatic heterocycles. The van der Waals surface area contributed by atoms with E-state index in [-0.39, 0.29) is 13.2 Å². The summed E-state index contributed by atoms with van der Waals surface area (Å²) >= 11 is 0. The lowest BCUT2D eigenvalue weighted by molar-refractivity contribution is -0.705. The molecule has 0 radical (unpaired) electrons. The first-order valence-electron chi connectivity index (χ1n) is 5.12. The average Bonchev–Trinajstić information content (AvgIpc) is 2.52. The fourth-order valence-corrected chi connectivity index (χ4v) is 1.63. The Kier molecular flexibility index (Phi) is 4.62. The molecule has 0 saturated heterocycles. The Hall–Kier alpha value is -0.870. The molecule has 0 aromatic carbocycles. The van der Waals surface area contributed by atoms with Crippen LogP contribution >= 0.6 is 0 Å². The van der Waals surface area contributed by atoms with Crippen molar-refractivity contribution < 1.29 is 14.8 Å². The number of imidazole rings is 1. The zero-order chi connectivity index (χ0) is 10.4. The third-order valence-electron chi connectivity index (χ3n) is 2.25. The van der Waals surface area contributed by atoms with Gasteiger partial charge in [0, 0.05) is 6.42 Å². The van der Waals surface area contributed by atoms with E-state index in [4.69, 9.17) is 10.2 Å². The topological polar surface area (TPSA) is 49.3 Å². The summed E-state index contributed by atoms with van der Waals surface area (Å²) in [6, 6.07) is 0. The largest absolute Gasteiger partial charge is 0.392 e. The third-order valence-corrected chi connectivity index (χ3v) is 2.25. The Morgan fingerprint density at radius 2 is 2.14 bits per heavy atom. The van der Waals surface area contributed by atoms with Gasteiger partial charge >= 0.3 is 0 Å². The van der Waals surface area contributed by atoms with E-state index < -0.39 is 0 Å². The normalized spacial score (nSPS) is 10.8. The number of hydrogen-bond donors (Lipinski definition) is 2. The van der Waals surface area contributed by atoms with Gasteiger partial charge in [0.15, 0.2) is 0 Å². The summed E-state index contributed by atoms with van der Waals surface area (Å²) in [6.07, 6.45) is 5.96. The number of aromatic nitrogens is 2. The maximum Gasteiger partial charge on any atom is 0.256 e. The van der Waals surface area contributed by atoms with Crippen molar-refractivity contribution in [1.82, 2.24) is 4.57 Å². The van der Waals surface area contributed by atoms with Crippen molar-refractivity contribution in [1.29, 1.82) is 0 Å². The van der Waals surface area contributed by atoms with Gasteiger partial charge in [-0.05, 0) is 6.42 Å². The van der Waals surface area contributed by atoms with Crippen LogP contribution in [0.15, 0.2) is 12.4 Å². The fourth-order valence-electron chi connectivity index (χ4n) is 1.63. The molecule has 0 amide bonds. The highest BCUT2D eigenvalue weighted by molar-refractivity contribution is 4.83. The van der Waals surface area contributed by atoms with Gasteiger partial charge in [-0.1, -0.05) is 6.92 Å². The molecular formula is C10H19N2O2+. The third kappa shape index (κ3) is 2.56. The van der Waals surface area contributed by atoms with Crippen molar-refractivity contribution in [2.24, 2.45) is 0 Å². The van der Waals surface area contributed by atoms with Crippen LogP contribution in [0.4, 0.5) is 0 Å².